The molecule has 0 spiro atoms. The summed E-state index contributed by atoms with van der Waals surface area (Å²) in [4.78, 5) is 0. The summed E-state index contributed by atoms with van der Waals surface area (Å²) in [6, 6.07) is 0. The molecule has 2 atom stereocenters. The highest BCUT2D eigenvalue weighted by Crippen LogP contribution is 2.07. The van der Waals surface area contributed by atoms with Crippen LogP contribution in [-0.2, 0) is 9.47 Å². The standard InChI is InChI=1S/C10H22O3/c1-4-9(3)10(11)8-13-7-6-12-5-2/h9-11H,4-8H2,1-3H3. The van der Waals surface area contributed by atoms with E-state index in [0.29, 0.717) is 25.7 Å². The van der Waals surface area contributed by atoms with Crippen LogP contribution >= 0.6 is 0 Å². The zero-order valence-corrected chi connectivity index (χ0v) is 8.95. The average Bonchev–Trinajstić information content (AvgIpc) is 2.16. The summed E-state index contributed by atoms with van der Waals surface area (Å²) < 4.78 is 10.3. The van der Waals surface area contributed by atoms with Crippen LogP contribution in [0.15, 0.2) is 0 Å². The van der Waals surface area contributed by atoms with Crippen LogP contribution in [0.25, 0.3) is 0 Å². The van der Waals surface area contributed by atoms with Gasteiger partial charge in [0.05, 0.1) is 25.9 Å². The molecule has 13 heavy (non-hydrogen) atoms. The minimum Gasteiger partial charge on any atom is -0.390 e. The normalized spacial score (nSPS) is 15.7. The monoisotopic (exact) mass is 190 g/mol. The maximum atomic E-state index is 9.51. The second kappa shape index (κ2) is 8.48. The SMILES string of the molecule is CCOCCOCC(O)C(C)CC. The lowest BCUT2D eigenvalue weighted by Crippen LogP contribution is -2.24. The Balaban J connectivity index is 3.21. The highest BCUT2D eigenvalue weighted by molar-refractivity contribution is 4.61. The third-order valence-electron chi connectivity index (χ3n) is 2.17. The fraction of sp³-hybridized carbons (Fsp3) is 1.00. The Morgan fingerprint density at radius 3 is 2.31 bits per heavy atom. The van der Waals surface area contributed by atoms with Crippen LogP contribution < -0.4 is 0 Å². The molecule has 3 heteroatoms. The Bertz CT molecular complexity index is 106. The van der Waals surface area contributed by atoms with Crippen molar-refractivity contribution in [3.8, 4) is 0 Å². The van der Waals surface area contributed by atoms with Gasteiger partial charge in [0, 0.05) is 6.61 Å². The van der Waals surface area contributed by atoms with Gasteiger partial charge in [0.2, 0.25) is 0 Å². The average molecular weight is 190 g/mol. The Morgan fingerprint density at radius 1 is 1.15 bits per heavy atom. The van der Waals surface area contributed by atoms with Gasteiger partial charge in [-0.2, -0.15) is 0 Å². The smallest absolute Gasteiger partial charge is 0.0799 e. The molecular formula is C10H22O3. The predicted molar refractivity (Wildman–Crippen MR) is 52.8 cm³/mol. The summed E-state index contributed by atoms with van der Waals surface area (Å²) in [5, 5.41) is 9.51. The summed E-state index contributed by atoms with van der Waals surface area (Å²) >= 11 is 0. The van der Waals surface area contributed by atoms with E-state index in [1.807, 2.05) is 13.8 Å². The molecule has 0 aliphatic heterocycles. The van der Waals surface area contributed by atoms with Crippen LogP contribution in [0.1, 0.15) is 27.2 Å². The van der Waals surface area contributed by atoms with E-state index in [1.54, 1.807) is 0 Å². The molecular weight excluding hydrogens is 168 g/mol. The Morgan fingerprint density at radius 2 is 1.77 bits per heavy atom. The minimum atomic E-state index is -0.341. The number of rotatable bonds is 8. The summed E-state index contributed by atoms with van der Waals surface area (Å²) in [5.74, 6) is 0.312. The Labute approximate surface area is 81.0 Å². The Kier molecular flexibility index (Phi) is 8.40. The first-order chi connectivity index (χ1) is 6.22. The van der Waals surface area contributed by atoms with Gasteiger partial charge < -0.3 is 14.6 Å². The van der Waals surface area contributed by atoms with Gasteiger partial charge in [0.25, 0.3) is 0 Å². The predicted octanol–water partition coefficient (Wildman–Crippen LogP) is 1.45. The summed E-state index contributed by atoms with van der Waals surface area (Å²) in [6.07, 6.45) is 0.641. The number of aliphatic hydroxyl groups excluding tert-OH is 1. The number of hydrogen-bond acceptors (Lipinski definition) is 3. The summed E-state index contributed by atoms with van der Waals surface area (Å²) in [6.45, 7) is 8.36. The van der Waals surface area contributed by atoms with Crippen molar-refractivity contribution in [2.45, 2.75) is 33.3 Å². The van der Waals surface area contributed by atoms with Crippen molar-refractivity contribution >= 4 is 0 Å². The van der Waals surface area contributed by atoms with Crippen molar-refractivity contribution in [1.29, 1.82) is 0 Å². The summed E-state index contributed by atoms with van der Waals surface area (Å²) in [7, 11) is 0. The molecule has 0 saturated heterocycles. The van der Waals surface area contributed by atoms with E-state index in [-0.39, 0.29) is 6.10 Å². The third kappa shape index (κ3) is 6.99. The second-order valence-electron chi connectivity index (χ2n) is 3.22. The zero-order valence-electron chi connectivity index (χ0n) is 8.95. The van der Waals surface area contributed by atoms with E-state index in [9.17, 15) is 5.11 Å². The van der Waals surface area contributed by atoms with Gasteiger partial charge in [-0.1, -0.05) is 20.3 Å². The third-order valence-corrected chi connectivity index (χ3v) is 2.17. The molecule has 0 bridgehead atoms. The summed E-state index contributed by atoms with van der Waals surface area (Å²) in [5.41, 5.74) is 0. The molecule has 0 aromatic heterocycles. The van der Waals surface area contributed by atoms with Gasteiger partial charge in [0.1, 0.15) is 0 Å². The lowest BCUT2D eigenvalue weighted by atomic mass is 10.0. The second-order valence-corrected chi connectivity index (χ2v) is 3.22. The van der Waals surface area contributed by atoms with Crippen molar-refractivity contribution < 1.29 is 14.6 Å². The first-order valence-electron chi connectivity index (χ1n) is 5.05. The van der Waals surface area contributed by atoms with E-state index < -0.39 is 0 Å². The van der Waals surface area contributed by atoms with Crippen molar-refractivity contribution in [3.05, 3.63) is 0 Å². The van der Waals surface area contributed by atoms with Crippen LogP contribution in [0.5, 0.6) is 0 Å². The van der Waals surface area contributed by atoms with Gasteiger partial charge in [-0.05, 0) is 12.8 Å². The van der Waals surface area contributed by atoms with Crippen molar-refractivity contribution in [3.63, 3.8) is 0 Å². The van der Waals surface area contributed by atoms with Crippen molar-refractivity contribution in [2.24, 2.45) is 5.92 Å². The number of aliphatic hydroxyl groups is 1. The number of hydrogen-bond donors (Lipinski definition) is 1. The molecule has 3 nitrogen and oxygen atoms in total. The van der Waals surface area contributed by atoms with Gasteiger partial charge >= 0.3 is 0 Å². The van der Waals surface area contributed by atoms with Crippen LogP contribution in [-0.4, -0.2) is 37.6 Å². The topological polar surface area (TPSA) is 38.7 Å². The molecule has 0 amide bonds. The molecule has 0 fully saturated rings. The van der Waals surface area contributed by atoms with Gasteiger partial charge in [-0.15, -0.1) is 0 Å². The van der Waals surface area contributed by atoms with E-state index in [1.165, 1.54) is 0 Å². The molecule has 1 N–H and O–H groups in total. The zero-order chi connectivity index (χ0) is 10.1. The van der Waals surface area contributed by atoms with Gasteiger partial charge in [-0.25, -0.2) is 0 Å². The van der Waals surface area contributed by atoms with Crippen molar-refractivity contribution in [2.75, 3.05) is 26.4 Å². The first-order valence-corrected chi connectivity index (χ1v) is 5.05. The quantitative estimate of drug-likeness (QED) is 0.589. The van der Waals surface area contributed by atoms with Crippen molar-refractivity contribution in [1.82, 2.24) is 0 Å². The minimum absolute atomic E-state index is 0.312. The largest absolute Gasteiger partial charge is 0.390 e. The molecule has 0 aromatic rings. The molecule has 0 radical (unpaired) electrons. The first kappa shape index (κ1) is 12.9. The highest BCUT2D eigenvalue weighted by Gasteiger charge is 2.11. The molecule has 0 aromatic carbocycles. The highest BCUT2D eigenvalue weighted by atomic mass is 16.5. The Hall–Kier alpha value is -0.120. The van der Waals surface area contributed by atoms with Gasteiger partial charge in [-0.3, -0.25) is 0 Å². The molecule has 0 rings (SSSR count). The molecule has 0 heterocycles. The maximum absolute atomic E-state index is 9.51. The maximum Gasteiger partial charge on any atom is 0.0799 e. The van der Waals surface area contributed by atoms with Crippen LogP contribution in [0.3, 0.4) is 0 Å². The van der Waals surface area contributed by atoms with E-state index in [0.717, 1.165) is 13.0 Å². The van der Waals surface area contributed by atoms with Crippen LogP contribution in [0.2, 0.25) is 0 Å². The number of ether oxygens (including phenoxy) is 2. The molecule has 0 aliphatic rings. The van der Waals surface area contributed by atoms with Crippen LogP contribution in [0, 0.1) is 5.92 Å². The lowest BCUT2D eigenvalue weighted by Gasteiger charge is -2.16. The molecule has 2 unspecified atom stereocenters. The molecule has 0 aliphatic carbocycles. The van der Waals surface area contributed by atoms with Crippen LogP contribution in [0.4, 0.5) is 0 Å². The van der Waals surface area contributed by atoms with Gasteiger partial charge in [0.15, 0.2) is 0 Å². The molecule has 80 valence electrons. The van der Waals surface area contributed by atoms with E-state index >= 15 is 0 Å². The fourth-order valence-electron chi connectivity index (χ4n) is 0.903. The lowest BCUT2D eigenvalue weighted by molar-refractivity contribution is -0.0130. The fourth-order valence-corrected chi connectivity index (χ4v) is 0.903. The van der Waals surface area contributed by atoms with E-state index in [2.05, 4.69) is 6.92 Å². The molecule has 0 saturated carbocycles. The van der Waals surface area contributed by atoms with E-state index in [4.69, 9.17) is 9.47 Å².